The van der Waals surface area contributed by atoms with Crippen molar-refractivity contribution < 1.29 is 27.5 Å². The highest BCUT2D eigenvalue weighted by molar-refractivity contribution is 5.92. The molecule has 0 radical (unpaired) electrons. The predicted octanol–water partition coefficient (Wildman–Crippen LogP) is 8.57. The molecule has 1 aliphatic carbocycles. The molecule has 1 saturated carbocycles. The van der Waals surface area contributed by atoms with Crippen molar-refractivity contribution in [3.05, 3.63) is 94.1 Å². The minimum Gasteiger partial charge on any atom is -0.490 e. The lowest BCUT2D eigenvalue weighted by Crippen LogP contribution is -2.50. The van der Waals surface area contributed by atoms with Gasteiger partial charge >= 0.3 is 6.18 Å². The van der Waals surface area contributed by atoms with Crippen LogP contribution in [0.15, 0.2) is 54.9 Å². The largest absolute Gasteiger partial charge is 0.490 e. The van der Waals surface area contributed by atoms with Crippen LogP contribution in [-0.4, -0.2) is 109 Å². The van der Waals surface area contributed by atoms with Crippen molar-refractivity contribution >= 4 is 29.1 Å². The molecule has 5 aromatic rings. The van der Waals surface area contributed by atoms with E-state index in [-0.39, 0.29) is 40.8 Å². The summed E-state index contributed by atoms with van der Waals surface area (Å²) in [4.78, 5) is 35.3. The Bertz CT molecular complexity index is 2850. The van der Waals surface area contributed by atoms with Gasteiger partial charge in [-0.1, -0.05) is 13.8 Å². The molecule has 0 bridgehead atoms. The second kappa shape index (κ2) is 19.8. The molecular weight excluding hydrogens is 922 g/mol. The van der Waals surface area contributed by atoms with Crippen molar-refractivity contribution in [3.8, 4) is 22.9 Å². The number of aryl methyl sites for hydroxylation is 3. The summed E-state index contributed by atoms with van der Waals surface area (Å²) in [5, 5.41) is 31.0. The number of likely N-dealkylation sites (tertiary alicyclic amines) is 1. The summed E-state index contributed by atoms with van der Waals surface area (Å²) in [7, 11) is 1.95. The van der Waals surface area contributed by atoms with E-state index in [0.717, 1.165) is 107 Å². The highest BCUT2D eigenvalue weighted by Gasteiger charge is 2.40. The fourth-order valence-electron chi connectivity index (χ4n) is 12.0. The van der Waals surface area contributed by atoms with Gasteiger partial charge in [0.05, 0.1) is 42.1 Å². The van der Waals surface area contributed by atoms with Crippen molar-refractivity contribution in [2.45, 2.75) is 123 Å². The summed E-state index contributed by atoms with van der Waals surface area (Å²) in [6, 6.07) is 13.4. The van der Waals surface area contributed by atoms with Gasteiger partial charge in [-0.15, -0.1) is 10.2 Å². The number of hydrogen-bond donors (Lipinski definition) is 1. The summed E-state index contributed by atoms with van der Waals surface area (Å²) < 4.78 is 50.5. The fourth-order valence-corrected chi connectivity index (χ4v) is 12.0. The van der Waals surface area contributed by atoms with Crippen LogP contribution in [-0.2, 0) is 37.4 Å². The van der Waals surface area contributed by atoms with E-state index in [4.69, 9.17) is 15.1 Å². The molecular formula is C54H65F3N12O3. The van der Waals surface area contributed by atoms with E-state index in [0.29, 0.717) is 50.7 Å². The predicted molar refractivity (Wildman–Crippen MR) is 267 cm³/mol. The van der Waals surface area contributed by atoms with E-state index in [2.05, 4.69) is 79.1 Å². The molecule has 7 heterocycles. The van der Waals surface area contributed by atoms with Gasteiger partial charge in [0, 0.05) is 101 Å². The van der Waals surface area contributed by atoms with Gasteiger partial charge in [0.1, 0.15) is 5.75 Å². The third-order valence-corrected chi connectivity index (χ3v) is 16.1. The van der Waals surface area contributed by atoms with Crippen LogP contribution in [0.4, 0.5) is 30.5 Å². The number of amides is 2. The number of alkyl halides is 3. The molecule has 3 aromatic heterocycles. The first kappa shape index (κ1) is 49.1. The Kier molecular flexibility index (Phi) is 13.5. The number of fused-ring (bicyclic) bond motifs is 2. The zero-order valence-electron chi connectivity index (χ0n) is 42.0. The maximum atomic E-state index is 13.5. The zero-order valence-corrected chi connectivity index (χ0v) is 42.0. The maximum Gasteiger partial charge on any atom is 0.417 e. The van der Waals surface area contributed by atoms with Gasteiger partial charge in [-0.25, -0.2) is 0 Å². The summed E-state index contributed by atoms with van der Waals surface area (Å²) in [5.41, 5.74) is 7.37. The van der Waals surface area contributed by atoms with Crippen LogP contribution < -0.4 is 19.9 Å². The number of piperidine rings is 2. The molecule has 10 rings (SSSR count). The van der Waals surface area contributed by atoms with Crippen LogP contribution in [0.5, 0.6) is 5.75 Å². The number of aromatic nitrogens is 6. The van der Waals surface area contributed by atoms with E-state index in [1.807, 2.05) is 28.9 Å². The minimum absolute atomic E-state index is 0.0104. The van der Waals surface area contributed by atoms with E-state index in [9.17, 15) is 22.8 Å². The Morgan fingerprint density at radius 3 is 2.42 bits per heavy atom. The number of benzene rings is 2. The van der Waals surface area contributed by atoms with Crippen LogP contribution in [0, 0.1) is 29.6 Å². The maximum absolute atomic E-state index is 13.5. The highest BCUT2D eigenvalue weighted by atomic mass is 19.4. The van der Waals surface area contributed by atoms with Gasteiger partial charge in [0.25, 0.3) is 5.91 Å². The molecule has 72 heavy (non-hydrogen) atoms. The summed E-state index contributed by atoms with van der Waals surface area (Å²) in [6.07, 6.45) is 7.28. The quantitative estimate of drug-likeness (QED) is 0.143. The third kappa shape index (κ3) is 10.1. The number of ether oxygens (including phenoxy) is 1. The van der Waals surface area contributed by atoms with Gasteiger partial charge in [0.15, 0.2) is 17.3 Å². The average Bonchev–Trinajstić information content (AvgIpc) is 3.98. The average molecular weight is 987 g/mol. The second-order valence-corrected chi connectivity index (χ2v) is 21.4. The molecule has 15 nitrogen and oxygen atoms in total. The molecule has 18 heteroatoms. The number of hydrogen-bond acceptors (Lipinski definition) is 11. The number of nitriles is 1. The molecule has 0 spiro atoms. The van der Waals surface area contributed by atoms with Crippen LogP contribution in [0.1, 0.15) is 122 Å². The topological polar surface area (TPSA) is 154 Å². The number of rotatable bonds is 10. The van der Waals surface area contributed by atoms with Crippen LogP contribution in [0.2, 0.25) is 0 Å². The van der Waals surface area contributed by atoms with Crippen LogP contribution in [0.3, 0.4) is 0 Å². The first-order valence-electron chi connectivity index (χ1n) is 25.7. The van der Waals surface area contributed by atoms with Crippen molar-refractivity contribution in [3.63, 3.8) is 0 Å². The molecule has 2 aromatic carbocycles. The summed E-state index contributed by atoms with van der Waals surface area (Å²) >= 11 is 0. The number of anilines is 3. The Morgan fingerprint density at radius 1 is 0.944 bits per heavy atom. The van der Waals surface area contributed by atoms with Gasteiger partial charge in [-0.2, -0.15) is 28.6 Å². The van der Waals surface area contributed by atoms with E-state index >= 15 is 0 Å². The Balaban J connectivity index is 0.727. The molecule has 380 valence electrons. The van der Waals surface area contributed by atoms with Gasteiger partial charge in [-0.05, 0) is 135 Å². The number of nitrogens with one attached hydrogen (secondary N) is 1. The molecule has 2 amide bonds. The van der Waals surface area contributed by atoms with Crippen molar-refractivity contribution in [1.29, 1.82) is 5.26 Å². The summed E-state index contributed by atoms with van der Waals surface area (Å²) in [5.74, 6) is 2.11. The number of carbonyl (C=O) groups is 2. The number of nitrogens with zero attached hydrogens (tertiary/aromatic N) is 11. The van der Waals surface area contributed by atoms with Crippen molar-refractivity contribution in [2.24, 2.45) is 18.4 Å². The molecule has 1 atom stereocenters. The second-order valence-electron chi connectivity index (χ2n) is 21.4. The molecule has 1 N–H and O–H groups in total. The van der Waals surface area contributed by atoms with Crippen LogP contribution >= 0.6 is 0 Å². The Labute approximate surface area is 419 Å². The standard InChI is InChI=1S/C54H65F3N12O3/c1-34-25-49-36(26-44(34)38-29-59-64(5)30-38)7-6-20-68(49)51-45-32-66(35(2)70)24-19-48(45)69(63-51)41-17-21-65(22-18-41)31-39-16-23-67(33-53(39,3)4)50-15-14-47(61-62-50)52(71)60-40-9-12-42(13-10-40)72-43-11-8-37(28-58)46(27-43)54(55,56)57/h8,11,14-15,25-27,29-30,39-42H,6-7,9-10,12-13,16-24,31-33H2,1-5H3,(H,60,71). The molecule has 2 saturated heterocycles. The number of halogens is 3. The minimum atomic E-state index is -4.66. The Hall–Kier alpha value is -6.48. The monoisotopic (exact) mass is 987 g/mol. The smallest absolute Gasteiger partial charge is 0.417 e. The zero-order chi connectivity index (χ0) is 50.5. The highest BCUT2D eigenvalue weighted by Crippen LogP contribution is 2.43. The van der Waals surface area contributed by atoms with Gasteiger partial charge in [0.2, 0.25) is 5.91 Å². The Morgan fingerprint density at radius 2 is 1.74 bits per heavy atom. The molecule has 1 unspecified atom stereocenters. The first-order valence-corrected chi connectivity index (χ1v) is 25.7. The first-order chi connectivity index (χ1) is 34.5. The van der Waals surface area contributed by atoms with Crippen molar-refractivity contribution in [2.75, 3.05) is 55.6 Å². The van der Waals surface area contributed by atoms with Gasteiger partial charge < -0.3 is 29.7 Å². The SMILES string of the molecule is CC(=O)N1CCc2c(c(N3CCCc4cc(-c5cnn(C)c5)c(C)cc43)nn2C2CCN(CC3CCN(c4ccc(C(=O)NC5CCC(Oc6ccc(C#N)c(C(F)(F)F)c6)CC5)nn4)CC3(C)C)CC2)C1. The molecule has 5 aliphatic rings. The fraction of sp³-hybridized carbons (Fsp3) is 0.537. The van der Waals surface area contributed by atoms with E-state index < -0.39 is 17.3 Å². The molecule has 3 fully saturated rings. The van der Waals surface area contributed by atoms with Gasteiger partial charge in [-0.3, -0.25) is 19.0 Å². The lowest BCUT2D eigenvalue weighted by Gasteiger charge is -2.47. The van der Waals surface area contributed by atoms with E-state index in [1.54, 1.807) is 19.1 Å². The summed E-state index contributed by atoms with van der Waals surface area (Å²) in [6.45, 7) is 15.4. The van der Waals surface area contributed by atoms with Crippen LogP contribution in [0.25, 0.3) is 11.1 Å². The molecule has 4 aliphatic heterocycles. The van der Waals surface area contributed by atoms with E-state index in [1.165, 1.54) is 39.7 Å². The third-order valence-electron chi connectivity index (χ3n) is 16.1. The van der Waals surface area contributed by atoms with Crippen molar-refractivity contribution in [1.82, 2.24) is 44.9 Å². The normalized spacial score (nSPS) is 21.7. The number of carbonyl (C=O) groups excluding carboxylic acids is 2. The lowest BCUT2D eigenvalue weighted by atomic mass is 9.73. The lowest BCUT2D eigenvalue weighted by molar-refractivity contribution is -0.138.